The van der Waals surface area contributed by atoms with E-state index in [1.807, 2.05) is 31.4 Å². The minimum atomic E-state index is 0.0309. The molecule has 2 rings (SSSR count). The van der Waals surface area contributed by atoms with Crippen LogP contribution in [-0.2, 0) is 24.2 Å². The average Bonchev–Trinajstić information content (AvgIpc) is 3.06. The zero-order valence-electron chi connectivity index (χ0n) is 15.7. The summed E-state index contributed by atoms with van der Waals surface area (Å²) in [5.74, 6) is 1.37. The number of benzene rings is 1. The SMILES string of the molecule is CCOc1cc(Br)c(CC(=O)N(C)Cc2csc(CC)n2)cc1OCC. The minimum Gasteiger partial charge on any atom is -0.490 e. The molecular weight excluding hydrogens is 416 g/mol. The lowest BCUT2D eigenvalue weighted by Crippen LogP contribution is -2.28. The molecule has 1 aromatic heterocycles. The van der Waals surface area contributed by atoms with Crippen LogP contribution >= 0.6 is 27.3 Å². The fourth-order valence-corrected chi connectivity index (χ4v) is 3.66. The van der Waals surface area contributed by atoms with Gasteiger partial charge in [-0.1, -0.05) is 22.9 Å². The summed E-state index contributed by atoms with van der Waals surface area (Å²) in [6.45, 7) is 7.55. The van der Waals surface area contributed by atoms with E-state index in [4.69, 9.17) is 9.47 Å². The Labute approximate surface area is 167 Å². The molecule has 1 aromatic carbocycles. The third-order valence-corrected chi connectivity index (χ3v) is 5.56. The summed E-state index contributed by atoms with van der Waals surface area (Å²) in [5.41, 5.74) is 1.81. The summed E-state index contributed by atoms with van der Waals surface area (Å²) in [5, 5.41) is 3.11. The second-order valence-corrected chi connectivity index (χ2v) is 7.57. The monoisotopic (exact) mass is 440 g/mol. The molecule has 0 unspecified atom stereocenters. The first-order valence-corrected chi connectivity index (χ1v) is 10.4. The lowest BCUT2D eigenvalue weighted by Gasteiger charge is -2.18. The summed E-state index contributed by atoms with van der Waals surface area (Å²) < 4.78 is 12.1. The van der Waals surface area contributed by atoms with E-state index in [0.29, 0.717) is 31.3 Å². The first-order chi connectivity index (χ1) is 12.5. The highest BCUT2D eigenvalue weighted by Crippen LogP contribution is 2.34. The minimum absolute atomic E-state index is 0.0309. The molecule has 0 aliphatic carbocycles. The van der Waals surface area contributed by atoms with Crippen molar-refractivity contribution in [1.82, 2.24) is 9.88 Å². The van der Waals surface area contributed by atoms with Gasteiger partial charge in [-0.3, -0.25) is 4.79 Å². The lowest BCUT2D eigenvalue weighted by molar-refractivity contribution is -0.129. The molecule has 26 heavy (non-hydrogen) atoms. The Morgan fingerprint density at radius 2 is 1.85 bits per heavy atom. The van der Waals surface area contributed by atoms with Gasteiger partial charge in [-0.15, -0.1) is 11.3 Å². The number of thiazole rings is 1. The fourth-order valence-electron chi connectivity index (χ4n) is 2.46. The Morgan fingerprint density at radius 1 is 1.19 bits per heavy atom. The van der Waals surface area contributed by atoms with E-state index in [-0.39, 0.29) is 12.3 Å². The first-order valence-electron chi connectivity index (χ1n) is 8.73. The molecule has 0 bridgehead atoms. The van der Waals surface area contributed by atoms with Crippen molar-refractivity contribution >= 4 is 33.2 Å². The van der Waals surface area contributed by atoms with Crippen molar-refractivity contribution in [3.05, 3.63) is 38.3 Å². The largest absolute Gasteiger partial charge is 0.490 e. The maximum atomic E-state index is 12.6. The number of nitrogens with zero attached hydrogens (tertiary/aromatic N) is 2. The molecule has 0 spiro atoms. The summed E-state index contributed by atoms with van der Waals surface area (Å²) in [6, 6.07) is 3.74. The fraction of sp³-hybridized carbons (Fsp3) is 0.474. The molecule has 1 heterocycles. The van der Waals surface area contributed by atoms with Crippen molar-refractivity contribution in [1.29, 1.82) is 0 Å². The Balaban J connectivity index is 2.10. The van der Waals surface area contributed by atoms with Crippen LogP contribution in [0, 0.1) is 0 Å². The van der Waals surface area contributed by atoms with Gasteiger partial charge in [0, 0.05) is 16.9 Å². The maximum Gasteiger partial charge on any atom is 0.227 e. The molecule has 0 N–H and O–H groups in total. The molecule has 0 saturated heterocycles. The standard InChI is InChI=1S/C19H25BrN2O3S/c1-5-18-21-14(12-26-18)11-22(4)19(23)9-13-8-16(24-6-2)17(25-7-3)10-15(13)20/h8,10,12H,5-7,9,11H2,1-4H3. The maximum absolute atomic E-state index is 12.6. The zero-order chi connectivity index (χ0) is 19.1. The van der Waals surface area contributed by atoms with E-state index in [0.717, 1.165) is 27.2 Å². The van der Waals surface area contributed by atoms with Gasteiger partial charge in [0.15, 0.2) is 11.5 Å². The number of amides is 1. The molecule has 7 heteroatoms. The molecule has 2 aromatic rings. The van der Waals surface area contributed by atoms with Crippen LogP contribution in [0.2, 0.25) is 0 Å². The second-order valence-electron chi connectivity index (χ2n) is 5.77. The summed E-state index contributed by atoms with van der Waals surface area (Å²) in [4.78, 5) is 18.9. The van der Waals surface area contributed by atoms with Crippen LogP contribution in [0.5, 0.6) is 11.5 Å². The van der Waals surface area contributed by atoms with E-state index in [1.165, 1.54) is 0 Å². The highest BCUT2D eigenvalue weighted by molar-refractivity contribution is 9.10. The smallest absolute Gasteiger partial charge is 0.227 e. The van der Waals surface area contributed by atoms with Crippen molar-refractivity contribution in [2.24, 2.45) is 0 Å². The molecule has 0 atom stereocenters. The predicted octanol–water partition coefficient (Wildman–Crippen LogP) is 4.47. The Morgan fingerprint density at radius 3 is 2.42 bits per heavy atom. The zero-order valence-corrected chi connectivity index (χ0v) is 18.1. The van der Waals surface area contributed by atoms with E-state index in [1.54, 1.807) is 23.3 Å². The van der Waals surface area contributed by atoms with Crippen molar-refractivity contribution in [3.63, 3.8) is 0 Å². The van der Waals surface area contributed by atoms with Crippen molar-refractivity contribution in [3.8, 4) is 11.5 Å². The quantitative estimate of drug-likeness (QED) is 0.577. The van der Waals surface area contributed by atoms with Crippen LogP contribution in [-0.4, -0.2) is 36.1 Å². The summed E-state index contributed by atoms with van der Waals surface area (Å²) in [7, 11) is 1.80. The second kappa shape index (κ2) is 9.92. The lowest BCUT2D eigenvalue weighted by atomic mass is 10.1. The number of halogens is 1. The van der Waals surface area contributed by atoms with Crippen LogP contribution in [0.1, 0.15) is 37.0 Å². The Kier molecular flexibility index (Phi) is 7.90. The number of likely N-dealkylation sites (N-methyl/N-ethyl adjacent to an activating group) is 1. The van der Waals surface area contributed by atoms with Crippen LogP contribution < -0.4 is 9.47 Å². The number of hydrogen-bond acceptors (Lipinski definition) is 5. The van der Waals surface area contributed by atoms with Crippen LogP contribution in [0.4, 0.5) is 0 Å². The van der Waals surface area contributed by atoms with Gasteiger partial charge in [0.05, 0.1) is 36.9 Å². The third-order valence-electron chi connectivity index (χ3n) is 3.78. The molecule has 0 aliphatic heterocycles. The summed E-state index contributed by atoms with van der Waals surface area (Å²) in [6.07, 6.45) is 1.20. The van der Waals surface area contributed by atoms with Crippen LogP contribution in [0.25, 0.3) is 0 Å². The number of ether oxygens (including phenoxy) is 2. The predicted molar refractivity (Wildman–Crippen MR) is 108 cm³/mol. The van der Waals surface area contributed by atoms with E-state index < -0.39 is 0 Å². The number of rotatable bonds is 9. The van der Waals surface area contributed by atoms with E-state index >= 15 is 0 Å². The highest BCUT2D eigenvalue weighted by Gasteiger charge is 2.17. The topological polar surface area (TPSA) is 51.7 Å². The molecule has 0 aliphatic rings. The van der Waals surface area contributed by atoms with E-state index in [9.17, 15) is 4.79 Å². The molecule has 142 valence electrons. The van der Waals surface area contributed by atoms with Gasteiger partial charge in [-0.05, 0) is 38.0 Å². The highest BCUT2D eigenvalue weighted by atomic mass is 79.9. The number of aromatic nitrogens is 1. The number of hydrogen-bond donors (Lipinski definition) is 0. The number of aryl methyl sites for hydroxylation is 1. The van der Waals surface area contributed by atoms with Gasteiger partial charge >= 0.3 is 0 Å². The normalized spacial score (nSPS) is 10.7. The molecule has 5 nitrogen and oxygen atoms in total. The van der Waals surface area contributed by atoms with Gasteiger partial charge in [-0.25, -0.2) is 4.98 Å². The van der Waals surface area contributed by atoms with Gasteiger partial charge in [0.1, 0.15) is 0 Å². The van der Waals surface area contributed by atoms with Crippen LogP contribution in [0.3, 0.4) is 0 Å². The van der Waals surface area contributed by atoms with Crippen LogP contribution in [0.15, 0.2) is 22.0 Å². The Bertz CT molecular complexity index is 748. The Hall–Kier alpha value is -1.60. The molecular formula is C19H25BrN2O3S. The van der Waals surface area contributed by atoms with Gasteiger partial charge < -0.3 is 14.4 Å². The average molecular weight is 441 g/mol. The third kappa shape index (κ3) is 5.45. The number of carbonyl (C=O) groups is 1. The van der Waals surface area contributed by atoms with Crippen molar-refractivity contribution < 1.29 is 14.3 Å². The van der Waals surface area contributed by atoms with E-state index in [2.05, 4.69) is 27.8 Å². The first kappa shape index (κ1) is 20.7. The number of carbonyl (C=O) groups excluding carboxylic acids is 1. The van der Waals surface area contributed by atoms with Gasteiger partial charge in [-0.2, -0.15) is 0 Å². The molecule has 0 radical (unpaired) electrons. The molecule has 0 saturated carbocycles. The van der Waals surface area contributed by atoms with Gasteiger partial charge in [0.2, 0.25) is 5.91 Å². The molecule has 1 amide bonds. The molecule has 0 fully saturated rings. The van der Waals surface area contributed by atoms with Gasteiger partial charge in [0.25, 0.3) is 0 Å². The van der Waals surface area contributed by atoms with Crippen molar-refractivity contribution in [2.45, 2.75) is 40.2 Å². The summed E-state index contributed by atoms with van der Waals surface area (Å²) >= 11 is 5.18. The van der Waals surface area contributed by atoms with Crippen molar-refractivity contribution in [2.75, 3.05) is 20.3 Å².